The summed E-state index contributed by atoms with van der Waals surface area (Å²) in [4.78, 5) is 25.4. The van der Waals surface area contributed by atoms with Crippen LogP contribution >= 0.6 is 11.8 Å². The summed E-state index contributed by atoms with van der Waals surface area (Å²) in [5.74, 6) is 0.834. The van der Waals surface area contributed by atoms with Crippen molar-refractivity contribution in [1.29, 1.82) is 0 Å². The standard InChI is InChI=1S/C13H13FN2O2S/c14-10-4-2-1-3-9(10)7-16-11(17)13(15-12(16)18)5-6-19-8-13/h1-4H,5-8H2,(H,15,18)/t13-/m0/s1. The average molecular weight is 280 g/mol. The van der Waals surface area contributed by atoms with Gasteiger partial charge in [-0.3, -0.25) is 9.69 Å². The molecule has 1 atom stereocenters. The van der Waals surface area contributed by atoms with E-state index in [0.29, 0.717) is 17.7 Å². The molecule has 0 radical (unpaired) electrons. The lowest BCUT2D eigenvalue weighted by molar-refractivity contribution is -0.130. The van der Waals surface area contributed by atoms with Crippen LogP contribution in [0.2, 0.25) is 0 Å². The van der Waals surface area contributed by atoms with E-state index in [4.69, 9.17) is 0 Å². The molecule has 1 N–H and O–H groups in total. The van der Waals surface area contributed by atoms with Crippen LogP contribution in [0.5, 0.6) is 0 Å². The van der Waals surface area contributed by atoms with Crippen LogP contribution in [0.4, 0.5) is 9.18 Å². The van der Waals surface area contributed by atoms with Gasteiger partial charge in [0.2, 0.25) is 0 Å². The number of nitrogens with zero attached hydrogens (tertiary/aromatic N) is 1. The van der Waals surface area contributed by atoms with E-state index in [-0.39, 0.29) is 12.5 Å². The molecule has 1 aromatic carbocycles. The van der Waals surface area contributed by atoms with Crippen molar-refractivity contribution in [2.24, 2.45) is 0 Å². The lowest BCUT2D eigenvalue weighted by Gasteiger charge is -2.19. The van der Waals surface area contributed by atoms with E-state index in [1.807, 2.05) is 0 Å². The van der Waals surface area contributed by atoms with Crippen molar-refractivity contribution >= 4 is 23.7 Å². The third kappa shape index (κ3) is 2.00. The lowest BCUT2D eigenvalue weighted by Crippen LogP contribution is -2.46. The number of amides is 3. The smallest absolute Gasteiger partial charge is 0.322 e. The Labute approximate surface area is 114 Å². The molecule has 4 nitrogen and oxygen atoms in total. The zero-order valence-electron chi connectivity index (χ0n) is 10.2. The first-order valence-corrected chi connectivity index (χ1v) is 7.23. The maximum Gasteiger partial charge on any atom is 0.325 e. The van der Waals surface area contributed by atoms with Crippen molar-refractivity contribution in [2.75, 3.05) is 11.5 Å². The summed E-state index contributed by atoms with van der Waals surface area (Å²) in [6, 6.07) is 5.77. The van der Waals surface area contributed by atoms with Crippen molar-refractivity contribution in [2.45, 2.75) is 18.5 Å². The van der Waals surface area contributed by atoms with Gasteiger partial charge in [-0.25, -0.2) is 9.18 Å². The van der Waals surface area contributed by atoms with Crippen molar-refractivity contribution in [3.8, 4) is 0 Å². The van der Waals surface area contributed by atoms with E-state index in [2.05, 4.69) is 5.32 Å². The number of carbonyl (C=O) groups is 2. The molecule has 3 amide bonds. The first kappa shape index (κ1) is 12.5. The molecule has 3 rings (SSSR count). The summed E-state index contributed by atoms with van der Waals surface area (Å²) in [5.41, 5.74) is -0.402. The van der Waals surface area contributed by atoms with Gasteiger partial charge in [0.05, 0.1) is 6.54 Å². The van der Waals surface area contributed by atoms with Gasteiger partial charge in [0, 0.05) is 11.3 Å². The number of nitrogens with one attached hydrogen (secondary N) is 1. The molecule has 2 aliphatic rings. The molecule has 2 aliphatic heterocycles. The topological polar surface area (TPSA) is 49.4 Å². The van der Waals surface area contributed by atoms with Crippen LogP contribution in [0.3, 0.4) is 0 Å². The third-order valence-electron chi connectivity index (χ3n) is 3.55. The van der Waals surface area contributed by atoms with Crippen molar-refractivity contribution < 1.29 is 14.0 Å². The molecule has 0 unspecified atom stereocenters. The van der Waals surface area contributed by atoms with Crippen molar-refractivity contribution in [1.82, 2.24) is 10.2 Å². The molecular formula is C13H13FN2O2S. The van der Waals surface area contributed by atoms with Crippen LogP contribution < -0.4 is 5.32 Å². The number of benzene rings is 1. The molecule has 0 saturated carbocycles. The molecule has 2 heterocycles. The van der Waals surface area contributed by atoms with Gasteiger partial charge in [0.25, 0.3) is 5.91 Å². The van der Waals surface area contributed by atoms with Gasteiger partial charge in [-0.15, -0.1) is 0 Å². The van der Waals surface area contributed by atoms with Crippen LogP contribution in [0, 0.1) is 5.82 Å². The average Bonchev–Trinajstić information content (AvgIpc) is 2.94. The quantitative estimate of drug-likeness (QED) is 0.840. The second kappa shape index (κ2) is 4.52. The summed E-state index contributed by atoms with van der Waals surface area (Å²) >= 11 is 1.65. The first-order chi connectivity index (χ1) is 9.12. The van der Waals surface area contributed by atoms with Crippen molar-refractivity contribution in [3.63, 3.8) is 0 Å². The highest BCUT2D eigenvalue weighted by molar-refractivity contribution is 7.99. The Morgan fingerprint density at radius 1 is 1.37 bits per heavy atom. The van der Waals surface area contributed by atoms with E-state index in [1.165, 1.54) is 6.07 Å². The van der Waals surface area contributed by atoms with E-state index >= 15 is 0 Å². The maximum absolute atomic E-state index is 13.6. The second-order valence-corrected chi connectivity index (χ2v) is 5.90. The summed E-state index contributed by atoms with van der Waals surface area (Å²) in [7, 11) is 0. The number of hydrogen-bond acceptors (Lipinski definition) is 3. The minimum Gasteiger partial charge on any atom is -0.322 e. The van der Waals surface area contributed by atoms with E-state index in [9.17, 15) is 14.0 Å². The van der Waals surface area contributed by atoms with Gasteiger partial charge in [-0.2, -0.15) is 11.8 Å². The summed E-state index contributed by atoms with van der Waals surface area (Å²) in [6.45, 7) is -0.0102. The largest absolute Gasteiger partial charge is 0.325 e. The zero-order chi connectivity index (χ0) is 13.5. The number of rotatable bonds is 2. The first-order valence-electron chi connectivity index (χ1n) is 6.08. The molecule has 0 aliphatic carbocycles. The number of imide groups is 1. The summed E-state index contributed by atoms with van der Waals surface area (Å²) in [5, 5.41) is 2.76. The predicted octanol–water partition coefficient (Wildman–Crippen LogP) is 1.75. The minimum atomic E-state index is -0.757. The highest BCUT2D eigenvalue weighted by atomic mass is 32.2. The van der Waals surface area contributed by atoms with Crippen LogP contribution in [0.25, 0.3) is 0 Å². The zero-order valence-corrected chi connectivity index (χ0v) is 11.0. The molecule has 19 heavy (non-hydrogen) atoms. The molecule has 2 fully saturated rings. The Kier molecular flexibility index (Phi) is 2.97. The van der Waals surface area contributed by atoms with Gasteiger partial charge in [0.1, 0.15) is 11.4 Å². The Balaban J connectivity index is 1.84. The van der Waals surface area contributed by atoms with E-state index < -0.39 is 17.4 Å². The van der Waals surface area contributed by atoms with Gasteiger partial charge >= 0.3 is 6.03 Å². The summed E-state index contributed by atoms with van der Waals surface area (Å²) in [6.07, 6.45) is 0.649. The fraction of sp³-hybridized carbons (Fsp3) is 0.385. The number of halogens is 1. The molecule has 1 spiro atoms. The SMILES string of the molecule is O=C1N[C@]2(CCSC2)C(=O)N1Cc1ccccc1F. The highest BCUT2D eigenvalue weighted by Crippen LogP contribution is 2.34. The minimum absolute atomic E-state index is 0.0102. The number of thioether (sulfide) groups is 1. The second-order valence-electron chi connectivity index (χ2n) is 4.80. The fourth-order valence-corrected chi connectivity index (χ4v) is 3.77. The van der Waals surface area contributed by atoms with Crippen LogP contribution in [0.1, 0.15) is 12.0 Å². The van der Waals surface area contributed by atoms with Gasteiger partial charge in [0.15, 0.2) is 0 Å². The van der Waals surface area contributed by atoms with Gasteiger partial charge in [-0.1, -0.05) is 18.2 Å². The van der Waals surface area contributed by atoms with E-state index in [0.717, 1.165) is 10.7 Å². The number of urea groups is 1. The predicted molar refractivity (Wildman–Crippen MR) is 70.2 cm³/mol. The molecule has 100 valence electrons. The lowest BCUT2D eigenvalue weighted by atomic mass is 9.99. The Morgan fingerprint density at radius 3 is 2.84 bits per heavy atom. The molecule has 2 saturated heterocycles. The normalized spacial score (nSPS) is 26.3. The van der Waals surface area contributed by atoms with Crippen LogP contribution in [0.15, 0.2) is 24.3 Å². The Morgan fingerprint density at radius 2 is 2.16 bits per heavy atom. The molecule has 6 heteroatoms. The molecule has 1 aromatic rings. The third-order valence-corrected chi connectivity index (χ3v) is 4.74. The Hall–Kier alpha value is -1.56. The van der Waals surface area contributed by atoms with Gasteiger partial charge in [-0.05, 0) is 18.2 Å². The van der Waals surface area contributed by atoms with Crippen LogP contribution in [-0.2, 0) is 11.3 Å². The van der Waals surface area contributed by atoms with Crippen molar-refractivity contribution in [3.05, 3.63) is 35.6 Å². The molecule has 0 bridgehead atoms. The Bertz CT molecular complexity index is 543. The fourth-order valence-electron chi connectivity index (χ4n) is 2.45. The van der Waals surface area contributed by atoms with E-state index in [1.54, 1.807) is 30.0 Å². The number of carbonyl (C=O) groups excluding carboxylic acids is 2. The number of hydrogen-bond donors (Lipinski definition) is 1. The van der Waals surface area contributed by atoms with Gasteiger partial charge < -0.3 is 5.32 Å². The monoisotopic (exact) mass is 280 g/mol. The van der Waals surface area contributed by atoms with Crippen LogP contribution in [-0.4, -0.2) is 33.9 Å². The molecule has 0 aromatic heterocycles. The summed E-state index contributed by atoms with van der Waals surface area (Å²) < 4.78 is 13.6. The highest BCUT2D eigenvalue weighted by Gasteiger charge is 2.52. The maximum atomic E-state index is 13.6. The molecular weight excluding hydrogens is 267 g/mol.